The molecule has 0 heterocycles. The van der Waals surface area contributed by atoms with Crippen molar-refractivity contribution in [2.75, 3.05) is 6.54 Å². The molecule has 1 unspecified atom stereocenters. The lowest BCUT2D eigenvalue weighted by Crippen LogP contribution is -2.53. The second-order valence-electron chi connectivity index (χ2n) is 4.85. The molecule has 1 rings (SSSR count). The molecule has 0 aliphatic rings. The zero-order valence-corrected chi connectivity index (χ0v) is 15.1. The molecule has 8 heteroatoms. The topological polar surface area (TPSA) is 67.4 Å². The molecule has 23 heavy (non-hydrogen) atoms. The summed E-state index contributed by atoms with van der Waals surface area (Å²) in [4.78, 5) is 23.5. The van der Waals surface area contributed by atoms with Crippen LogP contribution in [0.2, 0.25) is 0 Å². The van der Waals surface area contributed by atoms with Crippen LogP contribution in [0.4, 0.5) is 0 Å². The number of rotatable bonds is 7. The van der Waals surface area contributed by atoms with Gasteiger partial charge < -0.3 is 10.1 Å². The first-order chi connectivity index (χ1) is 10.8. The van der Waals surface area contributed by atoms with Crippen molar-refractivity contribution in [3.8, 4) is 5.75 Å². The summed E-state index contributed by atoms with van der Waals surface area (Å²) in [6.07, 6.45) is 0.955. The Hall–Kier alpha value is -1.01. The second-order valence-corrected chi connectivity index (χ2v) is 7.21. The van der Waals surface area contributed by atoms with E-state index in [9.17, 15) is 9.59 Å². The highest BCUT2D eigenvalue weighted by atomic mass is 35.6. The van der Waals surface area contributed by atoms with E-state index in [-0.39, 0.29) is 11.3 Å². The normalized spacial score (nSPS) is 12.6. The van der Waals surface area contributed by atoms with E-state index in [0.717, 1.165) is 12.8 Å². The highest BCUT2D eigenvalue weighted by molar-refractivity contribution is 6.68. The fraction of sp³-hybridized carbons (Fsp3) is 0.467. The summed E-state index contributed by atoms with van der Waals surface area (Å²) < 4.78 is 3.29. The van der Waals surface area contributed by atoms with Gasteiger partial charge in [-0.3, -0.25) is 14.9 Å². The zero-order valence-electron chi connectivity index (χ0n) is 12.9. The van der Waals surface area contributed by atoms with Crippen molar-refractivity contribution in [3.05, 3.63) is 29.8 Å². The summed E-state index contributed by atoms with van der Waals surface area (Å²) in [6.45, 7) is 3.87. The van der Waals surface area contributed by atoms with E-state index in [2.05, 4.69) is 10.6 Å². The lowest BCUT2D eigenvalue weighted by Gasteiger charge is -2.26. The Balaban J connectivity index is 2.88. The van der Waals surface area contributed by atoms with E-state index < -0.39 is 21.8 Å². The summed E-state index contributed by atoms with van der Waals surface area (Å²) in [7, 11) is 0. The Kier molecular flexibility index (Phi) is 8.12. The van der Waals surface area contributed by atoms with E-state index in [1.54, 1.807) is 12.1 Å². The molecule has 1 aromatic rings. The quantitative estimate of drug-likeness (QED) is 0.250. The van der Waals surface area contributed by atoms with Gasteiger partial charge in [-0.15, -0.1) is 0 Å². The van der Waals surface area contributed by atoms with Crippen LogP contribution in [-0.4, -0.2) is 28.4 Å². The van der Waals surface area contributed by atoms with Gasteiger partial charge in [0.1, 0.15) is 11.9 Å². The molecule has 0 radical (unpaired) electrons. The van der Waals surface area contributed by atoms with E-state index in [0.29, 0.717) is 6.54 Å². The summed E-state index contributed by atoms with van der Waals surface area (Å²) in [5.74, 6) is -0.888. The number of carbonyl (C=O) groups excluding carboxylic acids is 2. The molecule has 0 fully saturated rings. The summed E-state index contributed by atoms with van der Waals surface area (Å²) in [5, 5.41) is 5.59. The lowest BCUT2D eigenvalue weighted by molar-refractivity contribution is -0.131. The Bertz CT molecular complexity index is 547. The molecule has 0 bridgehead atoms. The fourth-order valence-electron chi connectivity index (χ4n) is 1.78. The molecule has 0 aliphatic carbocycles. The molecule has 0 aromatic heterocycles. The average molecular weight is 382 g/mol. The number of hydrogen-bond donors (Lipinski definition) is 2. The number of esters is 1. The molecule has 0 aliphatic heterocycles. The molecular formula is C15H19Cl3N2O3. The average Bonchev–Trinajstić information content (AvgIpc) is 2.45. The lowest BCUT2D eigenvalue weighted by atomic mass is 10.2. The van der Waals surface area contributed by atoms with E-state index in [4.69, 9.17) is 39.5 Å². The number of unbranched alkanes of at least 4 members (excludes halogenated alkanes) is 1. The summed E-state index contributed by atoms with van der Waals surface area (Å²) in [6, 6.07) is 6.35. The predicted octanol–water partition coefficient (Wildman–Crippen LogP) is 3.43. The first-order valence-corrected chi connectivity index (χ1v) is 8.27. The van der Waals surface area contributed by atoms with Crippen molar-refractivity contribution in [2.45, 2.75) is 36.6 Å². The van der Waals surface area contributed by atoms with Crippen LogP contribution in [0, 0.1) is 0 Å². The molecule has 0 saturated heterocycles. The van der Waals surface area contributed by atoms with Crippen molar-refractivity contribution < 1.29 is 14.3 Å². The van der Waals surface area contributed by atoms with Gasteiger partial charge in [-0.1, -0.05) is 60.3 Å². The number of hydrogen-bond acceptors (Lipinski definition) is 4. The molecule has 1 aromatic carbocycles. The minimum Gasteiger partial charge on any atom is -0.426 e. The van der Waals surface area contributed by atoms with Gasteiger partial charge in [0.2, 0.25) is 3.79 Å². The summed E-state index contributed by atoms with van der Waals surface area (Å²) in [5.41, 5.74) is 0.180. The maximum absolute atomic E-state index is 12.4. The van der Waals surface area contributed by atoms with E-state index >= 15 is 0 Å². The number of carbonyl (C=O) groups is 2. The third-order valence-corrected chi connectivity index (χ3v) is 3.52. The minimum absolute atomic E-state index is 0.147. The Labute approximate surface area is 150 Å². The third-order valence-electron chi connectivity index (χ3n) is 2.87. The Morgan fingerprint density at radius 1 is 1.26 bits per heavy atom. The van der Waals surface area contributed by atoms with Crippen LogP contribution in [0.15, 0.2) is 24.3 Å². The molecule has 128 valence electrons. The van der Waals surface area contributed by atoms with Crippen molar-refractivity contribution in [1.82, 2.24) is 10.6 Å². The molecular weight excluding hydrogens is 363 g/mol. The van der Waals surface area contributed by atoms with Crippen molar-refractivity contribution in [2.24, 2.45) is 0 Å². The van der Waals surface area contributed by atoms with E-state index in [1.807, 2.05) is 6.92 Å². The first-order valence-electron chi connectivity index (χ1n) is 7.14. The number of halogens is 3. The number of alkyl halides is 3. The van der Waals surface area contributed by atoms with Gasteiger partial charge >= 0.3 is 5.97 Å². The van der Waals surface area contributed by atoms with Crippen LogP contribution in [0.1, 0.15) is 37.0 Å². The summed E-state index contributed by atoms with van der Waals surface area (Å²) >= 11 is 17.7. The second kappa shape index (κ2) is 9.33. The van der Waals surface area contributed by atoms with Gasteiger partial charge in [0.25, 0.3) is 5.91 Å². The molecule has 0 spiro atoms. The maximum atomic E-state index is 12.4. The van der Waals surface area contributed by atoms with Gasteiger partial charge in [-0.2, -0.15) is 0 Å². The third kappa shape index (κ3) is 6.96. The molecule has 5 nitrogen and oxygen atoms in total. The maximum Gasteiger partial charge on any atom is 0.308 e. The van der Waals surface area contributed by atoms with Crippen LogP contribution >= 0.6 is 34.8 Å². The van der Waals surface area contributed by atoms with E-state index in [1.165, 1.54) is 19.1 Å². The van der Waals surface area contributed by atoms with Crippen molar-refractivity contribution in [1.29, 1.82) is 0 Å². The van der Waals surface area contributed by atoms with Crippen LogP contribution in [0.5, 0.6) is 5.75 Å². The smallest absolute Gasteiger partial charge is 0.308 e. The standard InChI is InChI=1S/C15H19Cl3N2O3/c1-3-4-9-19-14(15(16,17)18)20-13(22)11-7-5-6-8-12(11)23-10(2)21/h5-8,14,19H,3-4,9H2,1-2H3,(H,20,22). The highest BCUT2D eigenvalue weighted by Gasteiger charge is 2.34. The number of ether oxygens (including phenoxy) is 1. The number of nitrogens with one attached hydrogen (secondary N) is 2. The van der Waals surface area contributed by atoms with Crippen LogP contribution in [0.25, 0.3) is 0 Å². The fourth-order valence-corrected chi connectivity index (χ4v) is 2.17. The minimum atomic E-state index is -1.72. The monoisotopic (exact) mass is 380 g/mol. The molecule has 0 saturated carbocycles. The molecule has 2 N–H and O–H groups in total. The number of para-hydroxylation sites is 1. The number of amides is 1. The van der Waals surface area contributed by atoms with Crippen LogP contribution < -0.4 is 15.4 Å². The number of benzene rings is 1. The SMILES string of the molecule is CCCCNC(NC(=O)c1ccccc1OC(C)=O)C(Cl)(Cl)Cl. The molecule has 1 amide bonds. The van der Waals surface area contributed by atoms with Gasteiger partial charge in [0.15, 0.2) is 0 Å². The Morgan fingerprint density at radius 2 is 1.91 bits per heavy atom. The predicted molar refractivity (Wildman–Crippen MR) is 92.2 cm³/mol. The van der Waals surface area contributed by atoms with Crippen LogP contribution in [0.3, 0.4) is 0 Å². The van der Waals surface area contributed by atoms with Crippen molar-refractivity contribution in [3.63, 3.8) is 0 Å². The highest BCUT2D eigenvalue weighted by Crippen LogP contribution is 2.29. The zero-order chi connectivity index (χ0) is 17.5. The van der Waals surface area contributed by atoms with Gasteiger partial charge in [0, 0.05) is 6.92 Å². The van der Waals surface area contributed by atoms with Gasteiger partial charge in [0.05, 0.1) is 5.56 Å². The van der Waals surface area contributed by atoms with Crippen molar-refractivity contribution >= 4 is 46.7 Å². The van der Waals surface area contributed by atoms with Gasteiger partial charge in [-0.25, -0.2) is 0 Å². The van der Waals surface area contributed by atoms with Crippen LogP contribution in [-0.2, 0) is 4.79 Å². The first kappa shape index (κ1) is 20.0. The largest absolute Gasteiger partial charge is 0.426 e. The Morgan fingerprint density at radius 3 is 2.48 bits per heavy atom. The van der Waals surface area contributed by atoms with Gasteiger partial charge in [-0.05, 0) is 25.1 Å². The molecule has 1 atom stereocenters.